The summed E-state index contributed by atoms with van der Waals surface area (Å²) in [5, 5.41) is 4.59. The largest absolute Gasteiger partial charge is 0.395 e. The van der Waals surface area contributed by atoms with Gasteiger partial charge in [-0.15, -0.1) is 0 Å². The monoisotopic (exact) mass is 264 g/mol. The Hall–Kier alpha value is -1.53. The summed E-state index contributed by atoms with van der Waals surface area (Å²) in [5.74, 6) is 5.39. The van der Waals surface area contributed by atoms with E-state index in [-0.39, 0.29) is 0 Å². The summed E-state index contributed by atoms with van der Waals surface area (Å²) < 4.78 is 2.06. The van der Waals surface area contributed by atoms with E-state index in [1.54, 1.807) is 0 Å². The number of nitrogens with two attached hydrogens (primary N) is 2. The molecule has 19 heavy (non-hydrogen) atoms. The molecule has 0 saturated heterocycles. The number of rotatable bonds is 3. The SMILES string of the molecule is C/C(NN)=C(/N)c1cc2n(n1)CCCN(C(C)C)C2. The van der Waals surface area contributed by atoms with E-state index < -0.39 is 0 Å². The number of hydrogen-bond donors (Lipinski definition) is 3. The van der Waals surface area contributed by atoms with E-state index in [2.05, 4.69) is 40.0 Å². The molecule has 0 amide bonds. The predicted octanol–water partition coefficient (Wildman–Crippen LogP) is 0.608. The van der Waals surface area contributed by atoms with Gasteiger partial charge in [0.1, 0.15) is 5.69 Å². The Morgan fingerprint density at radius 3 is 2.79 bits per heavy atom. The Bertz CT molecular complexity index is 473. The third kappa shape index (κ3) is 2.90. The third-order valence-corrected chi connectivity index (χ3v) is 3.67. The van der Waals surface area contributed by atoms with Gasteiger partial charge in [0, 0.05) is 31.4 Å². The molecule has 1 aromatic rings. The number of hydrazine groups is 1. The minimum Gasteiger partial charge on any atom is -0.395 e. The highest BCUT2D eigenvalue weighted by molar-refractivity contribution is 5.62. The van der Waals surface area contributed by atoms with Gasteiger partial charge in [0.25, 0.3) is 0 Å². The summed E-state index contributed by atoms with van der Waals surface area (Å²) in [4.78, 5) is 2.46. The smallest absolute Gasteiger partial charge is 0.110 e. The van der Waals surface area contributed by atoms with Gasteiger partial charge in [-0.3, -0.25) is 15.4 Å². The molecule has 0 radical (unpaired) electrons. The van der Waals surface area contributed by atoms with Crippen molar-refractivity contribution in [1.82, 2.24) is 20.1 Å². The lowest BCUT2D eigenvalue weighted by atomic mass is 10.2. The van der Waals surface area contributed by atoms with Crippen LogP contribution in [0.25, 0.3) is 5.70 Å². The highest BCUT2D eigenvalue weighted by atomic mass is 15.3. The lowest BCUT2D eigenvalue weighted by Crippen LogP contribution is -2.30. The van der Waals surface area contributed by atoms with E-state index >= 15 is 0 Å². The Balaban J connectivity index is 2.28. The van der Waals surface area contributed by atoms with Crippen LogP contribution in [-0.2, 0) is 13.1 Å². The van der Waals surface area contributed by atoms with Crippen LogP contribution in [0.1, 0.15) is 38.6 Å². The Morgan fingerprint density at radius 1 is 1.42 bits per heavy atom. The predicted molar refractivity (Wildman–Crippen MR) is 76.5 cm³/mol. The van der Waals surface area contributed by atoms with Crippen molar-refractivity contribution in [2.75, 3.05) is 6.54 Å². The van der Waals surface area contributed by atoms with Crippen LogP contribution in [0.2, 0.25) is 0 Å². The molecule has 5 N–H and O–H groups in total. The molecule has 0 aromatic carbocycles. The zero-order chi connectivity index (χ0) is 14.0. The number of nitrogens with one attached hydrogen (secondary N) is 1. The molecule has 0 unspecified atom stereocenters. The van der Waals surface area contributed by atoms with E-state index in [9.17, 15) is 0 Å². The maximum atomic E-state index is 6.04. The lowest BCUT2D eigenvalue weighted by molar-refractivity contribution is 0.216. The maximum Gasteiger partial charge on any atom is 0.110 e. The zero-order valence-electron chi connectivity index (χ0n) is 12.0. The van der Waals surface area contributed by atoms with Crippen LogP contribution in [-0.4, -0.2) is 27.3 Å². The van der Waals surface area contributed by atoms with E-state index in [1.807, 2.05) is 6.92 Å². The normalized spacial score (nSPS) is 17.9. The fraction of sp³-hybridized carbons (Fsp3) is 0.615. The van der Waals surface area contributed by atoms with Gasteiger partial charge in [-0.2, -0.15) is 5.10 Å². The van der Waals surface area contributed by atoms with Crippen molar-refractivity contribution >= 4 is 5.70 Å². The van der Waals surface area contributed by atoms with Gasteiger partial charge in [-0.25, -0.2) is 0 Å². The van der Waals surface area contributed by atoms with Crippen molar-refractivity contribution in [3.8, 4) is 0 Å². The molecular formula is C13H24N6. The van der Waals surface area contributed by atoms with Crippen LogP contribution in [0.4, 0.5) is 0 Å². The molecule has 1 aromatic heterocycles. The molecule has 6 nitrogen and oxygen atoms in total. The van der Waals surface area contributed by atoms with Gasteiger partial charge < -0.3 is 11.2 Å². The first-order valence-corrected chi connectivity index (χ1v) is 6.77. The second kappa shape index (κ2) is 5.63. The summed E-state index contributed by atoms with van der Waals surface area (Å²) in [6.07, 6.45) is 1.12. The molecule has 2 rings (SSSR count). The first-order valence-electron chi connectivity index (χ1n) is 6.77. The second-order valence-electron chi connectivity index (χ2n) is 5.34. The van der Waals surface area contributed by atoms with E-state index in [4.69, 9.17) is 11.6 Å². The number of allylic oxidation sites excluding steroid dienone is 1. The van der Waals surface area contributed by atoms with Crippen molar-refractivity contribution in [2.45, 2.75) is 46.3 Å². The van der Waals surface area contributed by atoms with Crippen LogP contribution < -0.4 is 17.0 Å². The van der Waals surface area contributed by atoms with Crippen LogP contribution in [0.15, 0.2) is 11.8 Å². The fourth-order valence-electron chi connectivity index (χ4n) is 2.33. The number of aryl methyl sites for hydroxylation is 1. The Labute approximate surface area is 114 Å². The lowest BCUT2D eigenvalue weighted by Gasteiger charge is -2.23. The molecule has 0 aliphatic carbocycles. The summed E-state index contributed by atoms with van der Waals surface area (Å²) in [6.45, 7) is 9.28. The molecule has 0 spiro atoms. The summed E-state index contributed by atoms with van der Waals surface area (Å²) in [5.41, 5.74) is 12.0. The van der Waals surface area contributed by atoms with Crippen molar-refractivity contribution < 1.29 is 0 Å². The Kier molecular flexibility index (Phi) is 4.11. The number of fused-ring (bicyclic) bond motifs is 1. The average Bonchev–Trinajstić information content (AvgIpc) is 2.68. The number of nitrogens with zero attached hydrogens (tertiary/aromatic N) is 3. The van der Waals surface area contributed by atoms with Crippen LogP contribution in [0.3, 0.4) is 0 Å². The minimum absolute atomic E-state index is 0.547. The first kappa shape index (κ1) is 13.9. The minimum atomic E-state index is 0.547. The molecule has 1 aliphatic rings. The molecule has 0 saturated carbocycles. The third-order valence-electron chi connectivity index (χ3n) is 3.67. The van der Waals surface area contributed by atoms with E-state index in [0.29, 0.717) is 11.7 Å². The van der Waals surface area contributed by atoms with Gasteiger partial charge in [0.15, 0.2) is 0 Å². The van der Waals surface area contributed by atoms with Crippen LogP contribution in [0.5, 0.6) is 0 Å². The fourth-order valence-corrected chi connectivity index (χ4v) is 2.33. The average molecular weight is 264 g/mol. The van der Waals surface area contributed by atoms with Gasteiger partial charge in [-0.05, 0) is 33.3 Å². The van der Waals surface area contributed by atoms with Gasteiger partial charge in [0.05, 0.1) is 11.4 Å². The van der Waals surface area contributed by atoms with Gasteiger partial charge in [-0.1, -0.05) is 0 Å². The number of hydrogen-bond acceptors (Lipinski definition) is 5. The van der Waals surface area contributed by atoms with Gasteiger partial charge in [0.2, 0.25) is 0 Å². The highest BCUT2D eigenvalue weighted by Gasteiger charge is 2.19. The summed E-state index contributed by atoms with van der Waals surface area (Å²) in [7, 11) is 0. The molecular weight excluding hydrogens is 240 g/mol. The van der Waals surface area contributed by atoms with Crippen molar-refractivity contribution in [1.29, 1.82) is 0 Å². The first-order chi connectivity index (χ1) is 9.02. The van der Waals surface area contributed by atoms with E-state index in [0.717, 1.165) is 37.4 Å². The number of aromatic nitrogens is 2. The van der Waals surface area contributed by atoms with Crippen LogP contribution >= 0.6 is 0 Å². The highest BCUT2D eigenvalue weighted by Crippen LogP contribution is 2.18. The van der Waals surface area contributed by atoms with Crippen molar-refractivity contribution in [2.24, 2.45) is 11.6 Å². The topological polar surface area (TPSA) is 85.1 Å². The molecule has 6 heteroatoms. The molecule has 1 aliphatic heterocycles. The van der Waals surface area contributed by atoms with Crippen molar-refractivity contribution in [3.63, 3.8) is 0 Å². The second-order valence-corrected chi connectivity index (χ2v) is 5.34. The molecule has 106 valence electrons. The zero-order valence-corrected chi connectivity index (χ0v) is 12.0. The molecule has 0 atom stereocenters. The van der Waals surface area contributed by atoms with Crippen molar-refractivity contribution in [3.05, 3.63) is 23.2 Å². The maximum absolute atomic E-state index is 6.04. The molecule has 0 fully saturated rings. The Morgan fingerprint density at radius 2 is 2.16 bits per heavy atom. The summed E-state index contributed by atoms with van der Waals surface area (Å²) in [6, 6.07) is 2.61. The summed E-state index contributed by atoms with van der Waals surface area (Å²) >= 11 is 0. The molecule has 0 bridgehead atoms. The quantitative estimate of drug-likeness (QED) is 0.550. The van der Waals surface area contributed by atoms with Gasteiger partial charge >= 0.3 is 0 Å². The molecule has 2 heterocycles. The van der Waals surface area contributed by atoms with E-state index in [1.165, 1.54) is 5.69 Å². The standard InChI is InChI=1S/C13H24N6/c1-9(2)18-5-4-6-19-11(8-18)7-12(17-19)13(14)10(3)16-15/h7,9,16H,4-6,8,14-15H2,1-3H3/b13-10-. The van der Waals surface area contributed by atoms with Crippen LogP contribution in [0, 0.1) is 0 Å².